The number of nitrogens with zero attached hydrogens (tertiary/aromatic N) is 1. The molecule has 108 valence electrons. The average molecular weight is 377 g/mol. The minimum absolute atomic E-state index is 0. The molecule has 0 aliphatic rings. The average Bonchev–Trinajstić information content (AvgIpc) is 2.39. The van der Waals surface area contributed by atoms with Gasteiger partial charge in [-0.15, -0.1) is 24.0 Å². The molecule has 4 N–H and O–H groups in total. The molecular weight excluding hydrogens is 353 g/mol. The van der Waals surface area contributed by atoms with Gasteiger partial charge in [-0.25, -0.2) is 0 Å². The van der Waals surface area contributed by atoms with Gasteiger partial charge in [0.25, 0.3) is 0 Å². The lowest BCUT2D eigenvalue weighted by molar-refractivity contribution is 0.0419. The van der Waals surface area contributed by atoms with Crippen molar-refractivity contribution in [1.29, 1.82) is 0 Å². The van der Waals surface area contributed by atoms with Crippen LogP contribution in [0, 0.1) is 6.92 Å². The fraction of sp³-hybridized carbons (Fsp3) is 0.500. The highest BCUT2D eigenvalue weighted by Gasteiger charge is 2.21. The zero-order chi connectivity index (χ0) is 13.6. The monoisotopic (exact) mass is 377 g/mol. The lowest BCUT2D eigenvalue weighted by Crippen LogP contribution is -2.33. The second-order valence-corrected chi connectivity index (χ2v) is 4.62. The number of hydrogen-bond donors (Lipinski definition) is 3. The molecule has 0 spiro atoms. The quantitative estimate of drug-likeness (QED) is 0.420. The highest BCUT2D eigenvalue weighted by atomic mass is 127. The summed E-state index contributed by atoms with van der Waals surface area (Å²) in [5.74, 6) is 0.333. The number of nitrogens with two attached hydrogens (primary N) is 1. The Morgan fingerprint density at radius 2 is 1.79 bits per heavy atom. The van der Waals surface area contributed by atoms with Gasteiger partial charge in [-0.3, -0.25) is 4.99 Å². The standard InChI is InChI=1S/C14H23N3O.HI/c1-4-14(18,5-2)10-16-13(15)17-12-8-6-11(3)7-9-12;/h6-9,18H,4-5,10H2,1-3H3,(H3,15,16,17);1H. The summed E-state index contributed by atoms with van der Waals surface area (Å²) < 4.78 is 0. The first-order chi connectivity index (χ1) is 8.49. The van der Waals surface area contributed by atoms with E-state index in [9.17, 15) is 5.11 Å². The predicted molar refractivity (Wildman–Crippen MR) is 92.2 cm³/mol. The van der Waals surface area contributed by atoms with Crippen LogP contribution >= 0.6 is 24.0 Å². The lowest BCUT2D eigenvalue weighted by Gasteiger charge is -2.22. The topological polar surface area (TPSA) is 70.6 Å². The largest absolute Gasteiger partial charge is 0.388 e. The number of aliphatic hydroxyl groups is 1. The summed E-state index contributed by atoms with van der Waals surface area (Å²) in [6, 6.07) is 7.90. The van der Waals surface area contributed by atoms with Crippen LogP contribution in [0.2, 0.25) is 0 Å². The summed E-state index contributed by atoms with van der Waals surface area (Å²) in [6.07, 6.45) is 1.34. The SMILES string of the molecule is CCC(O)(CC)CN=C(N)Nc1ccc(C)cc1.I. The maximum atomic E-state index is 10.1. The van der Waals surface area contributed by atoms with Gasteiger partial charge in [0, 0.05) is 5.69 Å². The predicted octanol–water partition coefficient (Wildman–Crippen LogP) is 2.89. The summed E-state index contributed by atoms with van der Waals surface area (Å²) in [6.45, 7) is 6.25. The van der Waals surface area contributed by atoms with Crippen LogP contribution in [0.3, 0.4) is 0 Å². The molecule has 1 aromatic rings. The van der Waals surface area contributed by atoms with E-state index < -0.39 is 5.60 Å². The third-order valence-corrected chi connectivity index (χ3v) is 3.18. The van der Waals surface area contributed by atoms with E-state index in [1.807, 2.05) is 45.0 Å². The van der Waals surface area contributed by atoms with Crippen LogP contribution in [-0.4, -0.2) is 23.2 Å². The summed E-state index contributed by atoms with van der Waals surface area (Å²) in [5, 5.41) is 13.1. The van der Waals surface area contributed by atoms with Crippen LogP contribution in [0.15, 0.2) is 29.3 Å². The van der Waals surface area contributed by atoms with Gasteiger partial charge < -0.3 is 16.2 Å². The maximum Gasteiger partial charge on any atom is 0.193 e. The minimum Gasteiger partial charge on any atom is -0.388 e. The molecule has 0 aromatic heterocycles. The smallest absolute Gasteiger partial charge is 0.193 e. The molecule has 0 heterocycles. The molecule has 0 amide bonds. The third-order valence-electron chi connectivity index (χ3n) is 3.18. The molecule has 5 heteroatoms. The van der Waals surface area contributed by atoms with Crippen LogP contribution in [0.5, 0.6) is 0 Å². The van der Waals surface area contributed by atoms with Crippen LogP contribution in [0.1, 0.15) is 32.3 Å². The molecule has 19 heavy (non-hydrogen) atoms. The molecule has 0 saturated carbocycles. The van der Waals surface area contributed by atoms with E-state index in [1.54, 1.807) is 0 Å². The molecule has 0 aliphatic heterocycles. The Morgan fingerprint density at radius 1 is 1.26 bits per heavy atom. The highest BCUT2D eigenvalue weighted by molar-refractivity contribution is 14.0. The van der Waals surface area contributed by atoms with Gasteiger partial charge >= 0.3 is 0 Å². The maximum absolute atomic E-state index is 10.1. The van der Waals surface area contributed by atoms with Crippen molar-refractivity contribution >= 4 is 35.6 Å². The molecule has 4 nitrogen and oxygen atoms in total. The van der Waals surface area contributed by atoms with Crippen molar-refractivity contribution in [2.75, 3.05) is 11.9 Å². The number of aliphatic imine (C=N–C) groups is 1. The second-order valence-electron chi connectivity index (χ2n) is 4.62. The third kappa shape index (κ3) is 6.24. The Bertz CT molecular complexity index is 400. The molecular formula is C14H24IN3O. The number of anilines is 1. The van der Waals surface area contributed by atoms with E-state index in [0.717, 1.165) is 5.69 Å². The first-order valence-corrected chi connectivity index (χ1v) is 6.35. The van der Waals surface area contributed by atoms with Crippen LogP contribution in [0.4, 0.5) is 5.69 Å². The van der Waals surface area contributed by atoms with Gasteiger partial charge in [0.05, 0.1) is 12.1 Å². The minimum atomic E-state index is -0.750. The molecule has 1 rings (SSSR count). The Hall–Kier alpha value is -0.820. The summed E-state index contributed by atoms with van der Waals surface area (Å²) in [7, 11) is 0. The zero-order valence-electron chi connectivity index (χ0n) is 11.8. The van der Waals surface area contributed by atoms with Crippen molar-refractivity contribution in [1.82, 2.24) is 0 Å². The number of nitrogens with one attached hydrogen (secondary N) is 1. The van der Waals surface area contributed by atoms with Gasteiger partial charge in [-0.2, -0.15) is 0 Å². The van der Waals surface area contributed by atoms with E-state index >= 15 is 0 Å². The van der Waals surface area contributed by atoms with Gasteiger partial charge in [-0.05, 0) is 31.9 Å². The molecule has 0 bridgehead atoms. The summed E-state index contributed by atoms with van der Waals surface area (Å²) in [5.41, 5.74) is 7.14. The molecule has 0 unspecified atom stereocenters. The van der Waals surface area contributed by atoms with E-state index in [0.29, 0.717) is 25.3 Å². The Labute approximate surface area is 132 Å². The number of halogens is 1. The lowest BCUT2D eigenvalue weighted by atomic mass is 9.98. The Balaban J connectivity index is 0.00000324. The Kier molecular flexibility index (Phi) is 8.01. The van der Waals surface area contributed by atoms with Crippen molar-refractivity contribution in [3.8, 4) is 0 Å². The van der Waals surface area contributed by atoms with Gasteiger partial charge in [-0.1, -0.05) is 31.5 Å². The van der Waals surface area contributed by atoms with E-state index in [1.165, 1.54) is 5.56 Å². The van der Waals surface area contributed by atoms with Crippen molar-refractivity contribution in [2.45, 2.75) is 39.2 Å². The van der Waals surface area contributed by atoms with Gasteiger partial charge in [0.1, 0.15) is 0 Å². The van der Waals surface area contributed by atoms with Crippen molar-refractivity contribution < 1.29 is 5.11 Å². The highest BCUT2D eigenvalue weighted by Crippen LogP contribution is 2.15. The fourth-order valence-electron chi connectivity index (χ4n) is 1.53. The number of rotatable bonds is 5. The van der Waals surface area contributed by atoms with Crippen molar-refractivity contribution in [3.05, 3.63) is 29.8 Å². The molecule has 0 radical (unpaired) electrons. The number of hydrogen-bond acceptors (Lipinski definition) is 2. The van der Waals surface area contributed by atoms with Gasteiger partial charge in [0.15, 0.2) is 5.96 Å². The zero-order valence-corrected chi connectivity index (χ0v) is 14.1. The van der Waals surface area contributed by atoms with Crippen molar-refractivity contribution in [2.24, 2.45) is 10.7 Å². The molecule has 0 fully saturated rings. The van der Waals surface area contributed by atoms with E-state index in [2.05, 4.69) is 10.3 Å². The first kappa shape index (κ1) is 18.2. The number of aryl methyl sites for hydroxylation is 1. The van der Waals surface area contributed by atoms with Crippen molar-refractivity contribution in [3.63, 3.8) is 0 Å². The summed E-state index contributed by atoms with van der Waals surface area (Å²) in [4.78, 5) is 4.19. The summed E-state index contributed by atoms with van der Waals surface area (Å²) >= 11 is 0. The molecule has 1 aromatic carbocycles. The van der Waals surface area contributed by atoms with Crippen LogP contribution < -0.4 is 11.1 Å². The normalized spacial score (nSPS) is 11.9. The van der Waals surface area contributed by atoms with Crippen LogP contribution in [0.25, 0.3) is 0 Å². The molecule has 0 atom stereocenters. The second kappa shape index (κ2) is 8.37. The first-order valence-electron chi connectivity index (χ1n) is 6.35. The van der Waals surface area contributed by atoms with Gasteiger partial charge in [0.2, 0.25) is 0 Å². The van der Waals surface area contributed by atoms with E-state index in [-0.39, 0.29) is 24.0 Å². The number of guanidine groups is 1. The van der Waals surface area contributed by atoms with Crippen LogP contribution in [-0.2, 0) is 0 Å². The fourth-order valence-corrected chi connectivity index (χ4v) is 1.53. The molecule has 0 saturated heterocycles. The number of benzene rings is 1. The van der Waals surface area contributed by atoms with E-state index in [4.69, 9.17) is 5.73 Å². The molecule has 0 aliphatic carbocycles. The Morgan fingerprint density at radius 3 is 2.26 bits per heavy atom.